The van der Waals surface area contributed by atoms with Gasteiger partial charge < -0.3 is 10.2 Å². The molecule has 0 spiro atoms. The molecule has 6 heteroatoms. The zero-order chi connectivity index (χ0) is 20.8. The second-order valence-electron chi connectivity index (χ2n) is 7.49. The second kappa shape index (κ2) is 9.94. The Morgan fingerprint density at radius 3 is 2.21 bits per heavy atom. The summed E-state index contributed by atoms with van der Waals surface area (Å²) in [7, 11) is 0. The van der Waals surface area contributed by atoms with Crippen molar-refractivity contribution in [3.63, 3.8) is 0 Å². The van der Waals surface area contributed by atoms with Gasteiger partial charge in [-0.05, 0) is 44.0 Å². The van der Waals surface area contributed by atoms with Gasteiger partial charge in [-0.15, -0.1) is 11.8 Å². The third kappa shape index (κ3) is 5.84. The van der Waals surface area contributed by atoms with Gasteiger partial charge in [0.25, 0.3) is 0 Å². The van der Waals surface area contributed by atoms with Crippen molar-refractivity contribution in [3.8, 4) is 0 Å². The minimum Gasteiger partial charge on any atom is -0.339 e. The Kier molecular flexibility index (Phi) is 7.34. The maximum Gasteiger partial charge on any atom is 0.238 e. The van der Waals surface area contributed by atoms with Crippen LogP contribution >= 0.6 is 11.8 Å². The SMILES string of the molecule is Cc1cccc(C)c1NC(=O)CN1CCN(C(=O)C(C)Sc2ccccc2)CC1. The molecule has 1 aliphatic rings. The molecular weight excluding hydrogens is 382 g/mol. The normalized spacial score (nSPS) is 15.8. The summed E-state index contributed by atoms with van der Waals surface area (Å²) in [6.45, 7) is 9.07. The Hall–Kier alpha value is -2.31. The standard InChI is InChI=1S/C23H29N3O2S/c1-17-8-7-9-18(2)22(17)24-21(27)16-25-12-14-26(15-13-25)23(28)19(3)29-20-10-5-4-6-11-20/h4-11,19H,12-16H2,1-3H3,(H,24,27). The van der Waals surface area contributed by atoms with Gasteiger partial charge in [0.15, 0.2) is 0 Å². The molecule has 1 heterocycles. The van der Waals surface area contributed by atoms with E-state index in [0.717, 1.165) is 21.7 Å². The monoisotopic (exact) mass is 411 g/mol. The molecule has 29 heavy (non-hydrogen) atoms. The van der Waals surface area contributed by atoms with E-state index in [9.17, 15) is 9.59 Å². The van der Waals surface area contributed by atoms with Crippen LogP contribution in [0.4, 0.5) is 5.69 Å². The molecule has 1 atom stereocenters. The van der Waals surface area contributed by atoms with E-state index in [1.807, 2.05) is 74.2 Å². The minimum atomic E-state index is -0.115. The summed E-state index contributed by atoms with van der Waals surface area (Å²) >= 11 is 1.59. The predicted octanol–water partition coefficient (Wildman–Crippen LogP) is 3.57. The van der Waals surface area contributed by atoms with E-state index in [0.29, 0.717) is 32.7 Å². The molecule has 1 unspecified atom stereocenters. The number of benzene rings is 2. The van der Waals surface area contributed by atoms with Gasteiger partial charge in [-0.1, -0.05) is 36.4 Å². The van der Waals surface area contributed by atoms with Crippen molar-refractivity contribution >= 4 is 29.3 Å². The van der Waals surface area contributed by atoms with Crippen LogP contribution in [0.3, 0.4) is 0 Å². The van der Waals surface area contributed by atoms with Gasteiger partial charge in [0, 0.05) is 36.8 Å². The fourth-order valence-corrected chi connectivity index (χ4v) is 4.50. The quantitative estimate of drug-likeness (QED) is 0.739. The first-order valence-corrected chi connectivity index (χ1v) is 10.9. The number of para-hydroxylation sites is 1. The number of piperazine rings is 1. The Bertz CT molecular complexity index is 828. The summed E-state index contributed by atoms with van der Waals surface area (Å²) in [5.74, 6) is 0.161. The Morgan fingerprint density at radius 2 is 1.59 bits per heavy atom. The Balaban J connectivity index is 1.46. The number of carbonyl (C=O) groups is 2. The molecule has 1 fully saturated rings. The van der Waals surface area contributed by atoms with Crippen molar-refractivity contribution in [1.82, 2.24) is 9.80 Å². The van der Waals surface area contributed by atoms with E-state index in [1.165, 1.54) is 0 Å². The zero-order valence-electron chi connectivity index (χ0n) is 17.4. The van der Waals surface area contributed by atoms with Crippen molar-refractivity contribution in [2.24, 2.45) is 0 Å². The summed E-state index contributed by atoms with van der Waals surface area (Å²) in [5, 5.41) is 2.93. The molecule has 2 aromatic rings. The lowest BCUT2D eigenvalue weighted by Crippen LogP contribution is -2.52. The summed E-state index contributed by atoms with van der Waals surface area (Å²) in [4.78, 5) is 30.4. The smallest absolute Gasteiger partial charge is 0.238 e. The van der Waals surface area contributed by atoms with Gasteiger partial charge in [0.2, 0.25) is 11.8 Å². The molecule has 5 nitrogen and oxygen atoms in total. The average molecular weight is 412 g/mol. The molecule has 1 N–H and O–H groups in total. The van der Waals surface area contributed by atoms with Gasteiger partial charge in [0.05, 0.1) is 11.8 Å². The molecule has 0 bridgehead atoms. The van der Waals surface area contributed by atoms with Crippen LogP contribution in [0.25, 0.3) is 0 Å². The highest BCUT2D eigenvalue weighted by molar-refractivity contribution is 8.00. The summed E-state index contributed by atoms with van der Waals surface area (Å²) < 4.78 is 0. The molecule has 2 aromatic carbocycles. The van der Waals surface area contributed by atoms with Crippen LogP contribution in [0, 0.1) is 13.8 Å². The van der Waals surface area contributed by atoms with Gasteiger partial charge in [-0.25, -0.2) is 0 Å². The molecule has 0 aliphatic carbocycles. The van der Waals surface area contributed by atoms with Crippen LogP contribution in [0.15, 0.2) is 53.4 Å². The van der Waals surface area contributed by atoms with Crippen LogP contribution in [-0.4, -0.2) is 59.6 Å². The number of hydrogen-bond donors (Lipinski definition) is 1. The largest absolute Gasteiger partial charge is 0.339 e. The van der Waals surface area contributed by atoms with Crippen LogP contribution in [-0.2, 0) is 9.59 Å². The molecule has 0 saturated carbocycles. The number of amides is 2. The second-order valence-corrected chi connectivity index (χ2v) is 8.90. The maximum atomic E-state index is 12.8. The van der Waals surface area contributed by atoms with Gasteiger partial charge in [-0.2, -0.15) is 0 Å². The topological polar surface area (TPSA) is 52.7 Å². The van der Waals surface area contributed by atoms with E-state index in [2.05, 4.69) is 10.2 Å². The number of carbonyl (C=O) groups excluding carboxylic acids is 2. The van der Waals surface area contributed by atoms with Crippen molar-refractivity contribution in [2.75, 3.05) is 38.0 Å². The van der Waals surface area contributed by atoms with Crippen LogP contribution in [0.1, 0.15) is 18.1 Å². The van der Waals surface area contributed by atoms with Crippen molar-refractivity contribution in [2.45, 2.75) is 30.9 Å². The maximum absolute atomic E-state index is 12.8. The number of hydrogen-bond acceptors (Lipinski definition) is 4. The molecule has 2 amide bonds. The third-order valence-corrected chi connectivity index (χ3v) is 6.30. The average Bonchev–Trinajstić information content (AvgIpc) is 2.71. The molecule has 3 rings (SSSR count). The summed E-state index contributed by atoms with van der Waals surface area (Å²) in [5.41, 5.74) is 3.04. The minimum absolute atomic E-state index is 0.00447. The first-order chi connectivity index (χ1) is 13.9. The third-order valence-electron chi connectivity index (χ3n) is 5.20. The van der Waals surface area contributed by atoms with Crippen molar-refractivity contribution in [1.29, 1.82) is 0 Å². The van der Waals surface area contributed by atoms with Crippen molar-refractivity contribution in [3.05, 3.63) is 59.7 Å². The van der Waals surface area contributed by atoms with E-state index in [1.54, 1.807) is 11.8 Å². The Morgan fingerprint density at radius 1 is 0.966 bits per heavy atom. The molecule has 0 radical (unpaired) electrons. The number of rotatable bonds is 6. The van der Waals surface area contributed by atoms with Crippen LogP contribution in [0.2, 0.25) is 0 Å². The molecular formula is C23H29N3O2S. The fourth-order valence-electron chi connectivity index (χ4n) is 3.53. The predicted molar refractivity (Wildman–Crippen MR) is 119 cm³/mol. The molecule has 1 saturated heterocycles. The highest BCUT2D eigenvalue weighted by Gasteiger charge is 2.26. The number of nitrogens with one attached hydrogen (secondary N) is 1. The number of thioether (sulfide) groups is 1. The number of aryl methyl sites for hydroxylation is 2. The van der Waals surface area contributed by atoms with E-state index in [-0.39, 0.29) is 17.1 Å². The van der Waals surface area contributed by atoms with Crippen LogP contribution < -0.4 is 5.32 Å². The molecule has 0 aromatic heterocycles. The Labute approximate surface area is 177 Å². The first-order valence-electron chi connectivity index (χ1n) is 10.0. The lowest BCUT2D eigenvalue weighted by atomic mass is 10.1. The first kappa shape index (κ1) is 21.4. The van der Waals surface area contributed by atoms with Gasteiger partial charge in [-0.3, -0.25) is 14.5 Å². The van der Waals surface area contributed by atoms with E-state index >= 15 is 0 Å². The zero-order valence-corrected chi connectivity index (χ0v) is 18.2. The lowest BCUT2D eigenvalue weighted by molar-refractivity contribution is -0.132. The number of nitrogens with zero attached hydrogens (tertiary/aromatic N) is 2. The highest BCUT2D eigenvalue weighted by atomic mass is 32.2. The highest BCUT2D eigenvalue weighted by Crippen LogP contribution is 2.24. The van der Waals surface area contributed by atoms with Crippen LogP contribution in [0.5, 0.6) is 0 Å². The fraction of sp³-hybridized carbons (Fsp3) is 0.391. The number of anilines is 1. The summed E-state index contributed by atoms with van der Waals surface area (Å²) in [6.07, 6.45) is 0. The van der Waals surface area contributed by atoms with E-state index < -0.39 is 0 Å². The molecule has 1 aliphatic heterocycles. The summed E-state index contributed by atoms with van der Waals surface area (Å²) in [6, 6.07) is 16.0. The van der Waals surface area contributed by atoms with Gasteiger partial charge in [0.1, 0.15) is 0 Å². The molecule has 154 valence electrons. The van der Waals surface area contributed by atoms with E-state index in [4.69, 9.17) is 0 Å². The lowest BCUT2D eigenvalue weighted by Gasteiger charge is -2.35. The van der Waals surface area contributed by atoms with Gasteiger partial charge >= 0.3 is 0 Å². The van der Waals surface area contributed by atoms with Crippen molar-refractivity contribution < 1.29 is 9.59 Å².